The summed E-state index contributed by atoms with van der Waals surface area (Å²) in [5.74, 6) is -0.129. The lowest BCUT2D eigenvalue weighted by Gasteiger charge is -2.07. The van der Waals surface area contributed by atoms with Crippen LogP contribution in [-0.2, 0) is 4.74 Å². The van der Waals surface area contributed by atoms with Crippen LogP contribution < -0.4 is 11.1 Å². The summed E-state index contributed by atoms with van der Waals surface area (Å²) in [4.78, 5) is 11.7. The van der Waals surface area contributed by atoms with Crippen molar-refractivity contribution < 1.29 is 9.53 Å². The zero-order valence-electron chi connectivity index (χ0n) is 9.13. The molecule has 0 radical (unpaired) electrons. The summed E-state index contributed by atoms with van der Waals surface area (Å²) in [6.45, 7) is 1.23. The van der Waals surface area contributed by atoms with Gasteiger partial charge in [-0.05, 0) is 40.5 Å². The van der Waals surface area contributed by atoms with Crippen molar-refractivity contribution in [2.75, 3.05) is 26.0 Å². The molecule has 0 bridgehead atoms. The van der Waals surface area contributed by atoms with E-state index in [2.05, 4.69) is 21.2 Å². The Morgan fingerprint density at radius 3 is 3.00 bits per heavy atom. The summed E-state index contributed by atoms with van der Waals surface area (Å²) in [5.41, 5.74) is 6.75. The molecule has 1 aromatic carbocycles. The van der Waals surface area contributed by atoms with Crippen molar-refractivity contribution in [1.82, 2.24) is 5.32 Å². The number of amides is 1. The first kappa shape index (κ1) is 13.0. The Bertz CT molecular complexity index is 369. The number of methoxy groups -OCH3 is 1. The van der Waals surface area contributed by atoms with Gasteiger partial charge in [0.2, 0.25) is 0 Å². The molecule has 0 atom stereocenters. The topological polar surface area (TPSA) is 64.3 Å². The minimum atomic E-state index is -0.129. The van der Waals surface area contributed by atoms with Crippen LogP contribution in [0, 0.1) is 0 Å². The average Bonchev–Trinajstić information content (AvgIpc) is 2.27. The Kier molecular flexibility index (Phi) is 5.28. The zero-order valence-corrected chi connectivity index (χ0v) is 10.7. The van der Waals surface area contributed by atoms with Crippen molar-refractivity contribution in [1.29, 1.82) is 0 Å². The van der Waals surface area contributed by atoms with Gasteiger partial charge in [0.15, 0.2) is 0 Å². The fourth-order valence-corrected chi connectivity index (χ4v) is 1.66. The number of nitrogen functional groups attached to an aromatic ring is 1. The Morgan fingerprint density at radius 1 is 1.56 bits per heavy atom. The molecule has 0 saturated carbocycles. The lowest BCUT2D eigenvalue weighted by Crippen LogP contribution is -2.25. The number of carbonyl (C=O) groups is 1. The van der Waals surface area contributed by atoms with Gasteiger partial charge in [-0.2, -0.15) is 0 Å². The molecule has 88 valence electrons. The Hall–Kier alpha value is -1.07. The van der Waals surface area contributed by atoms with E-state index in [4.69, 9.17) is 10.5 Å². The van der Waals surface area contributed by atoms with Crippen molar-refractivity contribution in [3.63, 3.8) is 0 Å². The summed E-state index contributed by atoms with van der Waals surface area (Å²) >= 11 is 3.31. The Balaban J connectivity index is 2.55. The molecule has 0 spiro atoms. The maximum absolute atomic E-state index is 11.7. The van der Waals surface area contributed by atoms with E-state index in [9.17, 15) is 4.79 Å². The van der Waals surface area contributed by atoms with Crippen molar-refractivity contribution in [2.24, 2.45) is 0 Å². The molecule has 1 aromatic rings. The van der Waals surface area contributed by atoms with Gasteiger partial charge >= 0.3 is 0 Å². The van der Waals surface area contributed by atoms with E-state index in [0.29, 0.717) is 24.4 Å². The van der Waals surface area contributed by atoms with Gasteiger partial charge in [-0.15, -0.1) is 0 Å². The SMILES string of the molecule is COCCCNC(=O)c1cc(N)ccc1Br. The first-order chi connectivity index (χ1) is 7.65. The number of hydrogen-bond acceptors (Lipinski definition) is 3. The normalized spacial score (nSPS) is 10.1. The smallest absolute Gasteiger partial charge is 0.252 e. The van der Waals surface area contributed by atoms with E-state index in [1.165, 1.54) is 0 Å². The molecular weight excluding hydrogens is 272 g/mol. The van der Waals surface area contributed by atoms with Crippen LogP contribution in [0.1, 0.15) is 16.8 Å². The number of benzene rings is 1. The van der Waals surface area contributed by atoms with Crippen LogP contribution >= 0.6 is 15.9 Å². The molecule has 0 fully saturated rings. The Labute approximate surface area is 103 Å². The third-order valence-corrected chi connectivity index (χ3v) is 2.74. The first-order valence-electron chi connectivity index (χ1n) is 4.97. The molecular formula is C11H15BrN2O2. The van der Waals surface area contributed by atoms with Crippen molar-refractivity contribution in [3.8, 4) is 0 Å². The minimum Gasteiger partial charge on any atom is -0.399 e. The molecule has 0 saturated heterocycles. The molecule has 1 amide bonds. The molecule has 1 rings (SSSR count). The number of ether oxygens (including phenoxy) is 1. The summed E-state index contributed by atoms with van der Waals surface area (Å²) in [6.07, 6.45) is 0.794. The molecule has 0 heterocycles. The van der Waals surface area contributed by atoms with Gasteiger partial charge in [-0.25, -0.2) is 0 Å². The molecule has 3 N–H and O–H groups in total. The number of nitrogens with one attached hydrogen (secondary N) is 1. The minimum absolute atomic E-state index is 0.129. The highest BCUT2D eigenvalue weighted by Crippen LogP contribution is 2.19. The molecule has 0 aliphatic rings. The first-order valence-corrected chi connectivity index (χ1v) is 5.76. The lowest BCUT2D eigenvalue weighted by molar-refractivity contribution is 0.0948. The number of carbonyl (C=O) groups excluding carboxylic acids is 1. The summed E-state index contributed by atoms with van der Waals surface area (Å²) < 4.78 is 5.63. The molecule has 4 nitrogen and oxygen atoms in total. The van der Waals surface area contributed by atoms with E-state index in [-0.39, 0.29) is 5.91 Å². The molecule has 0 aliphatic carbocycles. The maximum Gasteiger partial charge on any atom is 0.252 e. The largest absolute Gasteiger partial charge is 0.399 e. The van der Waals surface area contributed by atoms with Gasteiger partial charge in [0.05, 0.1) is 5.56 Å². The van der Waals surface area contributed by atoms with Gasteiger partial charge in [-0.1, -0.05) is 0 Å². The highest BCUT2D eigenvalue weighted by molar-refractivity contribution is 9.10. The molecule has 0 aliphatic heterocycles. The van der Waals surface area contributed by atoms with E-state index in [0.717, 1.165) is 10.9 Å². The number of rotatable bonds is 5. The van der Waals surface area contributed by atoms with Crippen LogP contribution in [0.5, 0.6) is 0 Å². The van der Waals surface area contributed by atoms with Crippen molar-refractivity contribution >= 4 is 27.5 Å². The predicted molar refractivity (Wildman–Crippen MR) is 67.4 cm³/mol. The quantitative estimate of drug-likeness (QED) is 0.641. The second-order valence-electron chi connectivity index (χ2n) is 3.34. The summed E-state index contributed by atoms with van der Waals surface area (Å²) in [6, 6.07) is 5.15. The standard InChI is InChI=1S/C11H15BrN2O2/c1-16-6-2-5-14-11(15)9-7-8(13)3-4-10(9)12/h3-4,7H,2,5-6,13H2,1H3,(H,14,15). The van der Waals surface area contributed by atoms with Crippen molar-refractivity contribution in [3.05, 3.63) is 28.2 Å². The second kappa shape index (κ2) is 6.50. The number of anilines is 1. The van der Waals surface area contributed by atoms with Gasteiger partial charge < -0.3 is 15.8 Å². The van der Waals surface area contributed by atoms with Crippen LogP contribution in [0.15, 0.2) is 22.7 Å². The summed E-state index contributed by atoms with van der Waals surface area (Å²) in [7, 11) is 1.64. The zero-order chi connectivity index (χ0) is 12.0. The van der Waals surface area contributed by atoms with Crippen LogP contribution in [0.4, 0.5) is 5.69 Å². The average molecular weight is 287 g/mol. The van der Waals surface area contributed by atoms with Crippen molar-refractivity contribution in [2.45, 2.75) is 6.42 Å². The van der Waals surface area contributed by atoms with Crippen LogP contribution in [0.2, 0.25) is 0 Å². The second-order valence-corrected chi connectivity index (χ2v) is 4.20. The fourth-order valence-electron chi connectivity index (χ4n) is 1.23. The highest BCUT2D eigenvalue weighted by Gasteiger charge is 2.09. The van der Waals surface area contributed by atoms with Gasteiger partial charge in [0.25, 0.3) is 5.91 Å². The van der Waals surface area contributed by atoms with Crippen LogP contribution in [-0.4, -0.2) is 26.2 Å². The van der Waals surface area contributed by atoms with Gasteiger partial charge in [-0.3, -0.25) is 4.79 Å². The molecule has 16 heavy (non-hydrogen) atoms. The van der Waals surface area contributed by atoms with Crippen LogP contribution in [0.25, 0.3) is 0 Å². The van der Waals surface area contributed by atoms with E-state index in [1.807, 2.05) is 0 Å². The maximum atomic E-state index is 11.7. The summed E-state index contributed by atoms with van der Waals surface area (Å²) in [5, 5.41) is 2.80. The third kappa shape index (κ3) is 3.83. The Morgan fingerprint density at radius 2 is 2.31 bits per heavy atom. The number of hydrogen-bond donors (Lipinski definition) is 2. The number of nitrogens with two attached hydrogens (primary N) is 1. The third-order valence-electron chi connectivity index (χ3n) is 2.05. The lowest BCUT2D eigenvalue weighted by atomic mass is 10.2. The fraction of sp³-hybridized carbons (Fsp3) is 0.364. The van der Waals surface area contributed by atoms with E-state index in [1.54, 1.807) is 25.3 Å². The predicted octanol–water partition coefficient (Wildman–Crippen LogP) is 1.80. The molecule has 0 aromatic heterocycles. The van der Waals surface area contributed by atoms with Crippen LogP contribution in [0.3, 0.4) is 0 Å². The highest BCUT2D eigenvalue weighted by atomic mass is 79.9. The molecule has 0 unspecified atom stereocenters. The molecule has 5 heteroatoms. The monoisotopic (exact) mass is 286 g/mol. The van der Waals surface area contributed by atoms with E-state index >= 15 is 0 Å². The van der Waals surface area contributed by atoms with Gasteiger partial charge in [0.1, 0.15) is 0 Å². The van der Waals surface area contributed by atoms with E-state index < -0.39 is 0 Å². The van der Waals surface area contributed by atoms with Gasteiger partial charge in [0, 0.05) is 30.4 Å². The number of halogens is 1.